The molecule has 0 saturated carbocycles. The van der Waals surface area contributed by atoms with Gasteiger partial charge in [-0.05, 0) is 17.7 Å². The SMILES string of the molecule is NC(=O)N[C@H](CC(=O)Nc1ccc2c(c1)OC(F)(F)O2)c1ccccc1. The molecule has 0 spiro atoms. The molecular formula is C17H15F2N3O4. The summed E-state index contributed by atoms with van der Waals surface area (Å²) in [5, 5.41) is 5.06. The van der Waals surface area contributed by atoms with E-state index < -0.39 is 24.3 Å². The van der Waals surface area contributed by atoms with Crippen molar-refractivity contribution in [3.8, 4) is 11.5 Å². The molecule has 1 atom stereocenters. The third kappa shape index (κ3) is 4.18. The van der Waals surface area contributed by atoms with E-state index in [1.165, 1.54) is 18.2 Å². The summed E-state index contributed by atoms with van der Waals surface area (Å²) >= 11 is 0. The zero-order chi connectivity index (χ0) is 18.7. The maximum atomic E-state index is 13.0. The summed E-state index contributed by atoms with van der Waals surface area (Å²) in [5.41, 5.74) is 6.11. The van der Waals surface area contributed by atoms with E-state index in [1.807, 2.05) is 0 Å². The Morgan fingerprint density at radius 1 is 1.08 bits per heavy atom. The highest BCUT2D eigenvalue weighted by Crippen LogP contribution is 2.42. The molecular weight excluding hydrogens is 348 g/mol. The van der Waals surface area contributed by atoms with Gasteiger partial charge in [-0.3, -0.25) is 4.79 Å². The number of nitrogens with two attached hydrogens (primary N) is 1. The quantitative estimate of drug-likeness (QED) is 0.760. The van der Waals surface area contributed by atoms with Crippen molar-refractivity contribution < 1.29 is 27.8 Å². The van der Waals surface area contributed by atoms with Crippen LogP contribution in [-0.4, -0.2) is 18.2 Å². The molecule has 0 radical (unpaired) electrons. The standard InChI is InChI=1S/C17H15F2N3O4/c18-17(19)25-13-7-6-11(8-14(13)26-17)21-15(23)9-12(22-16(20)24)10-4-2-1-3-5-10/h1-8,12H,9H2,(H,21,23)(H3,20,22,24)/t12-/m1/s1. The first-order valence-electron chi connectivity index (χ1n) is 7.63. The second kappa shape index (κ2) is 6.87. The van der Waals surface area contributed by atoms with Crippen LogP contribution in [0.15, 0.2) is 48.5 Å². The summed E-state index contributed by atoms with van der Waals surface area (Å²) in [4.78, 5) is 23.5. The van der Waals surface area contributed by atoms with Crippen LogP contribution < -0.4 is 25.8 Å². The Morgan fingerprint density at radius 2 is 1.77 bits per heavy atom. The second-order valence-corrected chi connectivity index (χ2v) is 5.55. The molecule has 0 aliphatic carbocycles. The maximum Gasteiger partial charge on any atom is 0.586 e. The summed E-state index contributed by atoms with van der Waals surface area (Å²) in [7, 11) is 0. The number of anilines is 1. The maximum absolute atomic E-state index is 13.0. The van der Waals surface area contributed by atoms with Crippen LogP contribution >= 0.6 is 0 Å². The van der Waals surface area contributed by atoms with Crippen LogP contribution in [0.3, 0.4) is 0 Å². The number of urea groups is 1. The van der Waals surface area contributed by atoms with E-state index in [2.05, 4.69) is 20.1 Å². The Labute approximate surface area is 147 Å². The van der Waals surface area contributed by atoms with Crippen molar-refractivity contribution >= 4 is 17.6 Å². The minimum Gasteiger partial charge on any atom is -0.395 e. The molecule has 4 N–H and O–H groups in total. The molecule has 2 aromatic rings. The normalized spacial score (nSPS) is 15.2. The molecule has 0 fully saturated rings. The fourth-order valence-corrected chi connectivity index (χ4v) is 2.53. The molecule has 3 rings (SSSR count). The number of fused-ring (bicyclic) bond motifs is 1. The highest BCUT2D eigenvalue weighted by atomic mass is 19.3. The first kappa shape index (κ1) is 17.5. The van der Waals surface area contributed by atoms with Gasteiger partial charge in [0.15, 0.2) is 11.5 Å². The van der Waals surface area contributed by atoms with E-state index in [4.69, 9.17) is 5.73 Å². The average molecular weight is 363 g/mol. The number of alkyl halides is 2. The number of nitrogens with one attached hydrogen (secondary N) is 2. The van der Waals surface area contributed by atoms with Gasteiger partial charge < -0.3 is 25.8 Å². The molecule has 7 nitrogen and oxygen atoms in total. The van der Waals surface area contributed by atoms with Gasteiger partial charge in [-0.25, -0.2) is 4.79 Å². The lowest BCUT2D eigenvalue weighted by Crippen LogP contribution is -2.35. The Kier molecular flexibility index (Phi) is 4.61. The van der Waals surface area contributed by atoms with E-state index in [9.17, 15) is 18.4 Å². The molecule has 0 unspecified atom stereocenters. The van der Waals surface area contributed by atoms with Gasteiger partial charge in [-0.2, -0.15) is 0 Å². The number of benzene rings is 2. The number of hydrogen-bond acceptors (Lipinski definition) is 4. The van der Waals surface area contributed by atoms with Crippen LogP contribution in [0.25, 0.3) is 0 Å². The summed E-state index contributed by atoms with van der Waals surface area (Å²) in [6.07, 6.45) is -3.83. The molecule has 0 bridgehead atoms. The van der Waals surface area contributed by atoms with E-state index in [0.29, 0.717) is 5.56 Å². The summed E-state index contributed by atoms with van der Waals surface area (Å²) in [6.45, 7) is 0. The molecule has 1 heterocycles. The van der Waals surface area contributed by atoms with Crippen molar-refractivity contribution in [2.24, 2.45) is 5.73 Å². The van der Waals surface area contributed by atoms with Crippen molar-refractivity contribution in [2.45, 2.75) is 18.8 Å². The first-order chi connectivity index (χ1) is 12.3. The molecule has 26 heavy (non-hydrogen) atoms. The second-order valence-electron chi connectivity index (χ2n) is 5.55. The molecule has 9 heteroatoms. The number of halogens is 2. The third-order valence-electron chi connectivity index (χ3n) is 3.59. The van der Waals surface area contributed by atoms with Crippen LogP contribution in [-0.2, 0) is 4.79 Å². The smallest absolute Gasteiger partial charge is 0.395 e. The zero-order valence-corrected chi connectivity index (χ0v) is 13.4. The zero-order valence-electron chi connectivity index (χ0n) is 13.4. The number of primary amides is 1. The van der Waals surface area contributed by atoms with Crippen LogP contribution in [0, 0.1) is 0 Å². The number of rotatable bonds is 5. The van der Waals surface area contributed by atoms with Crippen molar-refractivity contribution in [2.75, 3.05) is 5.32 Å². The number of hydrogen-bond donors (Lipinski definition) is 3. The highest BCUT2D eigenvalue weighted by molar-refractivity contribution is 5.92. The number of carbonyl (C=O) groups is 2. The van der Waals surface area contributed by atoms with Gasteiger partial charge in [-0.15, -0.1) is 8.78 Å². The van der Waals surface area contributed by atoms with E-state index >= 15 is 0 Å². The van der Waals surface area contributed by atoms with E-state index in [1.54, 1.807) is 30.3 Å². The molecule has 2 aromatic carbocycles. The van der Waals surface area contributed by atoms with Gasteiger partial charge in [0.25, 0.3) is 0 Å². The summed E-state index contributed by atoms with van der Waals surface area (Å²) < 4.78 is 34.7. The van der Waals surface area contributed by atoms with Gasteiger partial charge in [0.05, 0.1) is 12.5 Å². The Morgan fingerprint density at radius 3 is 2.46 bits per heavy atom. The molecule has 1 aliphatic rings. The van der Waals surface area contributed by atoms with Crippen molar-refractivity contribution in [1.82, 2.24) is 5.32 Å². The lowest BCUT2D eigenvalue weighted by molar-refractivity contribution is -0.286. The van der Waals surface area contributed by atoms with E-state index in [-0.39, 0.29) is 23.6 Å². The topological polar surface area (TPSA) is 103 Å². The predicted molar refractivity (Wildman–Crippen MR) is 87.8 cm³/mol. The lowest BCUT2D eigenvalue weighted by atomic mass is 10.0. The first-order valence-corrected chi connectivity index (χ1v) is 7.63. The van der Waals surface area contributed by atoms with Crippen molar-refractivity contribution in [1.29, 1.82) is 0 Å². The van der Waals surface area contributed by atoms with Crippen molar-refractivity contribution in [3.63, 3.8) is 0 Å². The Bertz CT molecular complexity index is 830. The monoisotopic (exact) mass is 363 g/mol. The number of amides is 3. The van der Waals surface area contributed by atoms with Crippen molar-refractivity contribution in [3.05, 3.63) is 54.1 Å². The van der Waals surface area contributed by atoms with Gasteiger partial charge >= 0.3 is 12.3 Å². The van der Waals surface area contributed by atoms with Gasteiger partial charge in [0, 0.05) is 11.8 Å². The summed E-state index contributed by atoms with van der Waals surface area (Å²) in [6, 6.07) is 11.3. The van der Waals surface area contributed by atoms with Gasteiger partial charge in [0.2, 0.25) is 5.91 Å². The molecule has 1 aliphatic heterocycles. The largest absolute Gasteiger partial charge is 0.586 e. The van der Waals surface area contributed by atoms with Crippen LogP contribution in [0.4, 0.5) is 19.3 Å². The Hall–Kier alpha value is -3.36. The van der Waals surface area contributed by atoms with Gasteiger partial charge in [-0.1, -0.05) is 30.3 Å². The minimum atomic E-state index is -3.73. The number of carbonyl (C=O) groups excluding carboxylic acids is 2. The summed E-state index contributed by atoms with van der Waals surface area (Å²) in [5.74, 6) is -0.744. The Balaban J connectivity index is 1.69. The predicted octanol–water partition coefficient (Wildman–Crippen LogP) is 2.75. The van der Waals surface area contributed by atoms with Crippen LogP contribution in [0.2, 0.25) is 0 Å². The van der Waals surface area contributed by atoms with Crippen LogP contribution in [0.1, 0.15) is 18.0 Å². The van der Waals surface area contributed by atoms with E-state index in [0.717, 1.165) is 0 Å². The molecule has 0 aromatic heterocycles. The highest BCUT2D eigenvalue weighted by Gasteiger charge is 2.43. The van der Waals surface area contributed by atoms with Gasteiger partial charge in [0.1, 0.15) is 0 Å². The fraction of sp³-hybridized carbons (Fsp3) is 0.176. The fourth-order valence-electron chi connectivity index (χ4n) is 2.53. The molecule has 0 saturated heterocycles. The average Bonchev–Trinajstić information content (AvgIpc) is 2.87. The lowest BCUT2D eigenvalue weighted by Gasteiger charge is -2.17. The third-order valence-corrected chi connectivity index (χ3v) is 3.59. The molecule has 136 valence electrons. The minimum absolute atomic E-state index is 0.0996. The number of ether oxygens (including phenoxy) is 2. The molecule has 3 amide bonds. The van der Waals surface area contributed by atoms with Crippen LogP contribution in [0.5, 0.6) is 11.5 Å².